The third-order valence-corrected chi connectivity index (χ3v) is 4.65. The summed E-state index contributed by atoms with van der Waals surface area (Å²) >= 11 is 0. The Hall–Kier alpha value is -1.28. The lowest BCUT2D eigenvalue weighted by atomic mass is 9.93. The van der Waals surface area contributed by atoms with Crippen molar-refractivity contribution >= 4 is 11.0 Å². The minimum absolute atomic E-state index is 0.566. The van der Waals surface area contributed by atoms with Crippen LogP contribution in [0.1, 0.15) is 43.9 Å². The second-order valence-corrected chi connectivity index (χ2v) is 5.85. The van der Waals surface area contributed by atoms with Crippen molar-refractivity contribution < 1.29 is 4.42 Å². The molecule has 0 aliphatic heterocycles. The maximum atomic E-state index is 6.15. The van der Waals surface area contributed by atoms with Crippen LogP contribution in [0.5, 0.6) is 0 Å². The SMILES string of the molecule is CCNC1CCC(c2cc3cccc(C)c3o2)C1C. The molecule has 2 aromatic rings. The van der Waals surface area contributed by atoms with Crippen molar-refractivity contribution in [2.45, 2.75) is 45.6 Å². The first-order valence-corrected chi connectivity index (χ1v) is 7.43. The summed E-state index contributed by atoms with van der Waals surface area (Å²) in [4.78, 5) is 0. The first-order valence-electron chi connectivity index (χ1n) is 7.43. The summed E-state index contributed by atoms with van der Waals surface area (Å²) in [5, 5.41) is 4.84. The van der Waals surface area contributed by atoms with Crippen molar-refractivity contribution in [3.8, 4) is 0 Å². The summed E-state index contributed by atoms with van der Waals surface area (Å²) in [7, 11) is 0. The van der Waals surface area contributed by atoms with Crippen LogP contribution in [0.15, 0.2) is 28.7 Å². The van der Waals surface area contributed by atoms with Crippen LogP contribution in [-0.4, -0.2) is 12.6 Å². The summed E-state index contributed by atoms with van der Waals surface area (Å²) in [6, 6.07) is 9.27. The molecule has 102 valence electrons. The van der Waals surface area contributed by atoms with E-state index in [1.807, 2.05) is 0 Å². The van der Waals surface area contributed by atoms with Crippen LogP contribution in [0.2, 0.25) is 0 Å². The summed E-state index contributed by atoms with van der Waals surface area (Å²) < 4.78 is 6.15. The Morgan fingerprint density at radius 2 is 2.16 bits per heavy atom. The lowest BCUT2D eigenvalue weighted by Crippen LogP contribution is -2.31. The first-order chi connectivity index (χ1) is 9.20. The number of para-hydroxylation sites is 1. The fraction of sp³-hybridized carbons (Fsp3) is 0.529. The predicted molar refractivity (Wildman–Crippen MR) is 79.6 cm³/mol. The van der Waals surface area contributed by atoms with Gasteiger partial charge in [-0.1, -0.05) is 32.0 Å². The van der Waals surface area contributed by atoms with Crippen molar-refractivity contribution in [1.82, 2.24) is 5.32 Å². The molecule has 2 heteroatoms. The molecule has 19 heavy (non-hydrogen) atoms. The van der Waals surface area contributed by atoms with Gasteiger partial charge in [0.15, 0.2) is 0 Å². The van der Waals surface area contributed by atoms with Crippen molar-refractivity contribution in [2.24, 2.45) is 5.92 Å². The zero-order valence-electron chi connectivity index (χ0n) is 12.1. The summed E-state index contributed by atoms with van der Waals surface area (Å²) in [6.45, 7) is 7.71. The molecular weight excluding hydrogens is 234 g/mol. The smallest absolute Gasteiger partial charge is 0.137 e. The molecule has 1 aromatic heterocycles. The van der Waals surface area contributed by atoms with Gasteiger partial charge in [-0.25, -0.2) is 0 Å². The molecule has 1 heterocycles. The number of nitrogens with one attached hydrogen (secondary N) is 1. The molecule has 1 aliphatic rings. The van der Waals surface area contributed by atoms with E-state index in [-0.39, 0.29) is 0 Å². The molecule has 0 bridgehead atoms. The third kappa shape index (κ3) is 2.18. The Bertz CT molecular complexity index is 572. The van der Waals surface area contributed by atoms with E-state index in [0.717, 1.165) is 12.1 Å². The van der Waals surface area contributed by atoms with Crippen LogP contribution in [0.3, 0.4) is 0 Å². The molecule has 1 N–H and O–H groups in total. The summed E-state index contributed by atoms with van der Waals surface area (Å²) in [5.41, 5.74) is 2.30. The number of hydrogen-bond donors (Lipinski definition) is 1. The Morgan fingerprint density at radius 1 is 1.32 bits per heavy atom. The van der Waals surface area contributed by atoms with Gasteiger partial charge in [0, 0.05) is 17.3 Å². The Labute approximate surface area is 115 Å². The number of furan rings is 1. The van der Waals surface area contributed by atoms with Crippen LogP contribution < -0.4 is 5.32 Å². The summed E-state index contributed by atoms with van der Waals surface area (Å²) in [5.74, 6) is 2.40. The molecule has 0 radical (unpaired) electrons. The number of fused-ring (bicyclic) bond motifs is 1. The highest BCUT2D eigenvalue weighted by Crippen LogP contribution is 2.41. The van der Waals surface area contributed by atoms with E-state index in [4.69, 9.17) is 4.42 Å². The predicted octanol–water partition coefficient (Wildman–Crippen LogP) is 4.23. The molecule has 3 unspecified atom stereocenters. The Morgan fingerprint density at radius 3 is 2.89 bits per heavy atom. The fourth-order valence-corrected chi connectivity index (χ4v) is 3.53. The van der Waals surface area contributed by atoms with Crippen LogP contribution >= 0.6 is 0 Å². The lowest BCUT2D eigenvalue weighted by Gasteiger charge is -2.19. The fourth-order valence-electron chi connectivity index (χ4n) is 3.53. The molecule has 1 fully saturated rings. The van der Waals surface area contributed by atoms with Crippen LogP contribution in [0, 0.1) is 12.8 Å². The zero-order valence-corrected chi connectivity index (χ0v) is 12.1. The molecule has 0 saturated heterocycles. The van der Waals surface area contributed by atoms with Gasteiger partial charge in [0.2, 0.25) is 0 Å². The van der Waals surface area contributed by atoms with Gasteiger partial charge in [0.05, 0.1) is 0 Å². The third-order valence-electron chi connectivity index (χ3n) is 4.65. The average Bonchev–Trinajstić information content (AvgIpc) is 2.96. The highest BCUT2D eigenvalue weighted by Gasteiger charge is 2.35. The highest BCUT2D eigenvalue weighted by molar-refractivity contribution is 5.81. The van der Waals surface area contributed by atoms with Gasteiger partial charge >= 0.3 is 0 Å². The quantitative estimate of drug-likeness (QED) is 0.890. The standard InChI is InChI=1S/C17H23NO/c1-4-18-15-9-8-14(12(15)3)16-10-13-7-5-6-11(2)17(13)19-16/h5-7,10,12,14-15,18H,4,8-9H2,1-3H3. The van der Waals surface area contributed by atoms with Crippen LogP contribution in [-0.2, 0) is 0 Å². The van der Waals surface area contributed by atoms with Gasteiger partial charge in [-0.15, -0.1) is 0 Å². The minimum Gasteiger partial charge on any atom is -0.460 e. The van der Waals surface area contributed by atoms with Gasteiger partial charge in [-0.3, -0.25) is 0 Å². The van der Waals surface area contributed by atoms with E-state index in [2.05, 4.69) is 50.4 Å². The molecule has 3 rings (SSSR count). The Kier molecular flexibility index (Phi) is 3.36. The molecule has 1 saturated carbocycles. The molecule has 1 aliphatic carbocycles. The highest BCUT2D eigenvalue weighted by atomic mass is 16.3. The number of rotatable bonds is 3. The molecule has 2 nitrogen and oxygen atoms in total. The lowest BCUT2D eigenvalue weighted by molar-refractivity contribution is 0.377. The first kappa shape index (κ1) is 12.7. The van der Waals surface area contributed by atoms with Crippen molar-refractivity contribution in [1.29, 1.82) is 0 Å². The number of aryl methyl sites for hydroxylation is 1. The maximum absolute atomic E-state index is 6.15. The second-order valence-electron chi connectivity index (χ2n) is 5.85. The Balaban J connectivity index is 1.91. The minimum atomic E-state index is 0.566. The van der Waals surface area contributed by atoms with E-state index < -0.39 is 0 Å². The molecule has 3 atom stereocenters. The monoisotopic (exact) mass is 257 g/mol. The summed E-state index contributed by atoms with van der Waals surface area (Å²) in [6.07, 6.45) is 2.49. The molecule has 0 amide bonds. The van der Waals surface area contributed by atoms with Crippen LogP contribution in [0.25, 0.3) is 11.0 Å². The van der Waals surface area contributed by atoms with Gasteiger partial charge in [0.1, 0.15) is 11.3 Å². The molecule has 0 spiro atoms. The second kappa shape index (κ2) is 5.01. The largest absolute Gasteiger partial charge is 0.460 e. The van der Waals surface area contributed by atoms with Gasteiger partial charge < -0.3 is 9.73 Å². The van der Waals surface area contributed by atoms with E-state index in [9.17, 15) is 0 Å². The van der Waals surface area contributed by atoms with E-state index in [0.29, 0.717) is 17.9 Å². The van der Waals surface area contributed by atoms with Gasteiger partial charge in [0.25, 0.3) is 0 Å². The molecule has 1 aromatic carbocycles. The molecular formula is C17H23NO. The normalized spacial score (nSPS) is 27.2. The number of hydrogen-bond acceptors (Lipinski definition) is 2. The number of benzene rings is 1. The van der Waals surface area contributed by atoms with E-state index in [1.165, 1.54) is 29.6 Å². The van der Waals surface area contributed by atoms with Crippen molar-refractivity contribution in [3.63, 3.8) is 0 Å². The van der Waals surface area contributed by atoms with E-state index >= 15 is 0 Å². The van der Waals surface area contributed by atoms with Gasteiger partial charge in [-0.2, -0.15) is 0 Å². The van der Waals surface area contributed by atoms with E-state index in [1.54, 1.807) is 0 Å². The maximum Gasteiger partial charge on any atom is 0.137 e. The topological polar surface area (TPSA) is 25.2 Å². The van der Waals surface area contributed by atoms with Crippen molar-refractivity contribution in [2.75, 3.05) is 6.54 Å². The zero-order chi connectivity index (χ0) is 13.4. The van der Waals surface area contributed by atoms with Gasteiger partial charge in [-0.05, 0) is 43.9 Å². The van der Waals surface area contributed by atoms with Crippen molar-refractivity contribution in [3.05, 3.63) is 35.6 Å². The average molecular weight is 257 g/mol. The van der Waals surface area contributed by atoms with Crippen LogP contribution in [0.4, 0.5) is 0 Å².